The predicted molar refractivity (Wildman–Crippen MR) is 92.0 cm³/mol. The number of carbonyl (C=O) groups excluding carboxylic acids is 3. The molecule has 2 aliphatic heterocycles. The van der Waals surface area contributed by atoms with Gasteiger partial charge < -0.3 is 4.74 Å². The number of hydrogen-bond donors (Lipinski definition) is 0. The fourth-order valence-corrected chi connectivity index (χ4v) is 3.08. The maximum atomic E-state index is 12.8. The Balaban J connectivity index is 1.91. The second kappa shape index (κ2) is 5.56. The molecule has 0 saturated heterocycles. The van der Waals surface area contributed by atoms with E-state index in [2.05, 4.69) is 0 Å². The van der Waals surface area contributed by atoms with Gasteiger partial charge in [0.15, 0.2) is 0 Å². The molecular formula is C20H13NO4. The van der Waals surface area contributed by atoms with Crippen LogP contribution in [-0.4, -0.2) is 17.8 Å². The van der Waals surface area contributed by atoms with E-state index in [0.717, 1.165) is 10.5 Å². The van der Waals surface area contributed by atoms with E-state index in [4.69, 9.17) is 4.74 Å². The van der Waals surface area contributed by atoms with Crippen molar-refractivity contribution in [2.75, 3.05) is 4.90 Å². The Labute approximate surface area is 143 Å². The van der Waals surface area contributed by atoms with Crippen LogP contribution in [0.2, 0.25) is 0 Å². The minimum Gasteiger partial charge on any atom is -0.422 e. The van der Waals surface area contributed by atoms with E-state index in [9.17, 15) is 14.4 Å². The van der Waals surface area contributed by atoms with Crippen LogP contribution in [0.25, 0.3) is 11.3 Å². The number of fused-ring (bicyclic) bond motifs is 1. The molecule has 0 aliphatic carbocycles. The van der Waals surface area contributed by atoms with Gasteiger partial charge in [-0.25, -0.2) is 9.69 Å². The molecule has 0 atom stereocenters. The molecule has 2 amide bonds. The lowest BCUT2D eigenvalue weighted by Gasteiger charge is -2.11. The van der Waals surface area contributed by atoms with Crippen molar-refractivity contribution in [3.63, 3.8) is 0 Å². The maximum absolute atomic E-state index is 12.8. The highest BCUT2D eigenvalue weighted by atomic mass is 16.5. The summed E-state index contributed by atoms with van der Waals surface area (Å²) in [7, 11) is 0. The van der Waals surface area contributed by atoms with Crippen LogP contribution in [-0.2, 0) is 19.1 Å². The summed E-state index contributed by atoms with van der Waals surface area (Å²) in [6.45, 7) is 1.32. The van der Waals surface area contributed by atoms with Crippen LogP contribution in [0.3, 0.4) is 0 Å². The lowest BCUT2D eigenvalue weighted by Crippen LogP contribution is -2.31. The lowest BCUT2D eigenvalue weighted by molar-refractivity contribution is -0.131. The Hall–Kier alpha value is -3.47. The van der Waals surface area contributed by atoms with Crippen LogP contribution in [0.1, 0.15) is 18.1 Å². The molecule has 0 fully saturated rings. The van der Waals surface area contributed by atoms with Gasteiger partial charge in [0.2, 0.25) is 5.91 Å². The van der Waals surface area contributed by atoms with Crippen molar-refractivity contribution in [2.45, 2.75) is 6.92 Å². The standard InChI is InChI=1S/C20H13NO4/c1-12(22)21-16-10-6-5-9-14(16)18(19(21)23)15-11-17(25-20(15)24)13-7-3-2-4-8-13/h2-11H,1H3. The highest BCUT2D eigenvalue weighted by Crippen LogP contribution is 2.41. The third kappa shape index (κ3) is 2.29. The summed E-state index contributed by atoms with van der Waals surface area (Å²) in [5.74, 6) is -1.11. The van der Waals surface area contributed by atoms with Crippen molar-refractivity contribution in [1.29, 1.82) is 0 Å². The summed E-state index contributed by atoms with van der Waals surface area (Å²) in [4.78, 5) is 38.2. The van der Waals surface area contributed by atoms with E-state index in [1.165, 1.54) is 6.92 Å². The van der Waals surface area contributed by atoms with E-state index >= 15 is 0 Å². The van der Waals surface area contributed by atoms with Gasteiger partial charge in [-0.2, -0.15) is 0 Å². The number of benzene rings is 2. The zero-order valence-electron chi connectivity index (χ0n) is 13.4. The van der Waals surface area contributed by atoms with Crippen LogP contribution in [0.5, 0.6) is 0 Å². The molecule has 0 aromatic heterocycles. The molecule has 2 aromatic rings. The van der Waals surface area contributed by atoms with E-state index in [1.54, 1.807) is 30.3 Å². The van der Waals surface area contributed by atoms with E-state index in [-0.39, 0.29) is 11.1 Å². The zero-order valence-corrected chi connectivity index (χ0v) is 13.4. The molecule has 4 rings (SSSR count). The van der Waals surface area contributed by atoms with Gasteiger partial charge in [-0.1, -0.05) is 48.5 Å². The fourth-order valence-electron chi connectivity index (χ4n) is 3.08. The number of imide groups is 1. The second-order valence-corrected chi connectivity index (χ2v) is 5.73. The van der Waals surface area contributed by atoms with Crippen LogP contribution in [0.4, 0.5) is 5.69 Å². The predicted octanol–water partition coefficient (Wildman–Crippen LogP) is 2.93. The van der Waals surface area contributed by atoms with Crippen molar-refractivity contribution >= 4 is 34.8 Å². The monoisotopic (exact) mass is 331 g/mol. The van der Waals surface area contributed by atoms with Crippen molar-refractivity contribution in [3.8, 4) is 0 Å². The number of rotatable bonds is 1. The first kappa shape index (κ1) is 15.1. The Bertz CT molecular complexity index is 986. The Morgan fingerprint density at radius 2 is 1.64 bits per heavy atom. The molecule has 0 bridgehead atoms. The molecule has 5 heteroatoms. The smallest absolute Gasteiger partial charge is 0.344 e. The van der Waals surface area contributed by atoms with Crippen LogP contribution < -0.4 is 4.90 Å². The summed E-state index contributed by atoms with van der Waals surface area (Å²) >= 11 is 0. The molecule has 0 unspecified atom stereocenters. The summed E-state index contributed by atoms with van der Waals surface area (Å²) in [6, 6.07) is 16.1. The quantitative estimate of drug-likeness (QED) is 0.595. The molecule has 0 saturated carbocycles. The SMILES string of the molecule is CC(=O)N1C(=O)C(=C2C=C(c3ccccc3)OC2=O)c2ccccc21. The maximum Gasteiger partial charge on any atom is 0.344 e. The Morgan fingerprint density at radius 1 is 0.960 bits per heavy atom. The van der Waals surface area contributed by atoms with Gasteiger partial charge >= 0.3 is 5.97 Å². The van der Waals surface area contributed by atoms with Gasteiger partial charge in [-0.15, -0.1) is 0 Å². The molecule has 0 N–H and O–H groups in total. The number of anilines is 1. The lowest BCUT2D eigenvalue weighted by atomic mass is 10.0. The van der Waals surface area contributed by atoms with Crippen LogP contribution in [0.15, 0.2) is 66.2 Å². The van der Waals surface area contributed by atoms with Crippen molar-refractivity contribution in [3.05, 3.63) is 77.4 Å². The minimum atomic E-state index is -0.595. The van der Waals surface area contributed by atoms with Crippen LogP contribution >= 0.6 is 0 Å². The highest BCUT2D eigenvalue weighted by molar-refractivity contribution is 6.42. The second-order valence-electron chi connectivity index (χ2n) is 5.73. The van der Waals surface area contributed by atoms with E-state index in [1.807, 2.05) is 30.3 Å². The minimum absolute atomic E-state index is 0.167. The normalized spacial score (nSPS) is 18.9. The number of amides is 2. The summed E-state index contributed by atoms with van der Waals surface area (Å²) in [6.07, 6.45) is 1.56. The number of para-hydroxylation sites is 1. The number of esters is 1. The number of hydrogen-bond acceptors (Lipinski definition) is 4. The average Bonchev–Trinajstić information content (AvgIpc) is 3.12. The third-order valence-corrected chi connectivity index (χ3v) is 4.17. The molecule has 0 spiro atoms. The van der Waals surface area contributed by atoms with Crippen molar-refractivity contribution in [1.82, 2.24) is 0 Å². The fraction of sp³-hybridized carbons (Fsp3) is 0.0500. The molecule has 2 heterocycles. The largest absolute Gasteiger partial charge is 0.422 e. The van der Waals surface area contributed by atoms with Crippen molar-refractivity contribution < 1.29 is 19.1 Å². The Morgan fingerprint density at radius 3 is 2.36 bits per heavy atom. The summed E-state index contributed by atoms with van der Waals surface area (Å²) < 4.78 is 5.34. The number of cyclic esters (lactones) is 1. The molecule has 0 radical (unpaired) electrons. The summed E-state index contributed by atoms with van der Waals surface area (Å²) in [5, 5.41) is 0. The van der Waals surface area contributed by atoms with Gasteiger partial charge in [0, 0.05) is 18.1 Å². The van der Waals surface area contributed by atoms with E-state index in [0.29, 0.717) is 17.0 Å². The van der Waals surface area contributed by atoms with Crippen LogP contribution in [0, 0.1) is 0 Å². The molecule has 122 valence electrons. The number of carbonyl (C=O) groups is 3. The number of nitrogens with zero attached hydrogens (tertiary/aromatic N) is 1. The first-order chi connectivity index (χ1) is 12.1. The zero-order chi connectivity index (χ0) is 17.6. The molecule has 5 nitrogen and oxygen atoms in total. The van der Waals surface area contributed by atoms with Crippen molar-refractivity contribution in [2.24, 2.45) is 0 Å². The van der Waals surface area contributed by atoms with E-state index < -0.39 is 17.8 Å². The van der Waals surface area contributed by atoms with Gasteiger partial charge in [-0.3, -0.25) is 9.59 Å². The molecular weight excluding hydrogens is 318 g/mol. The highest BCUT2D eigenvalue weighted by Gasteiger charge is 2.39. The topological polar surface area (TPSA) is 63.7 Å². The molecule has 2 aromatic carbocycles. The first-order valence-electron chi connectivity index (χ1n) is 7.76. The van der Waals surface area contributed by atoms with Gasteiger partial charge in [0.25, 0.3) is 5.91 Å². The molecule has 2 aliphatic rings. The number of ether oxygens (including phenoxy) is 1. The van der Waals surface area contributed by atoms with Gasteiger partial charge in [0.1, 0.15) is 5.76 Å². The van der Waals surface area contributed by atoms with Gasteiger partial charge in [0.05, 0.1) is 16.8 Å². The average molecular weight is 331 g/mol. The first-order valence-corrected chi connectivity index (χ1v) is 7.76. The summed E-state index contributed by atoms with van der Waals surface area (Å²) in [5.41, 5.74) is 2.15. The van der Waals surface area contributed by atoms with Gasteiger partial charge in [-0.05, 0) is 12.1 Å². The Kier molecular flexibility index (Phi) is 3.35. The third-order valence-electron chi connectivity index (χ3n) is 4.17. The molecule has 25 heavy (non-hydrogen) atoms.